The minimum Gasteiger partial charge on any atom is -0.484 e. The van der Waals surface area contributed by atoms with Crippen LogP contribution in [0.1, 0.15) is 11.4 Å². The van der Waals surface area contributed by atoms with Crippen LogP contribution in [0.2, 0.25) is 0 Å². The quantitative estimate of drug-likeness (QED) is 0.802. The molecule has 0 spiro atoms. The van der Waals surface area contributed by atoms with Crippen LogP contribution >= 0.6 is 0 Å². The smallest absolute Gasteiger partial charge is 0.260 e. The van der Waals surface area contributed by atoms with E-state index in [1.807, 2.05) is 68.1 Å². The lowest BCUT2D eigenvalue weighted by Gasteiger charge is -2.35. The zero-order chi connectivity index (χ0) is 19.4. The van der Waals surface area contributed by atoms with Crippen LogP contribution in [0.4, 0.5) is 11.6 Å². The van der Waals surface area contributed by atoms with Crippen LogP contribution in [-0.2, 0) is 4.79 Å². The molecule has 2 heterocycles. The minimum atomic E-state index is 0.0167. The maximum atomic E-state index is 12.4. The maximum Gasteiger partial charge on any atom is 0.260 e. The summed E-state index contributed by atoms with van der Waals surface area (Å²) in [6, 6.07) is 9.72. The summed E-state index contributed by atoms with van der Waals surface area (Å²) >= 11 is 0. The van der Waals surface area contributed by atoms with Gasteiger partial charge in [-0.1, -0.05) is 17.7 Å². The largest absolute Gasteiger partial charge is 0.484 e. The van der Waals surface area contributed by atoms with Gasteiger partial charge in [-0.2, -0.15) is 0 Å². The van der Waals surface area contributed by atoms with Crippen molar-refractivity contribution in [2.24, 2.45) is 0 Å². The number of hydrogen-bond acceptors (Lipinski definition) is 6. The van der Waals surface area contributed by atoms with Gasteiger partial charge in [0.2, 0.25) is 0 Å². The summed E-state index contributed by atoms with van der Waals surface area (Å²) in [6.07, 6.45) is 0. The monoisotopic (exact) mass is 369 g/mol. The van der Waals surface area contributed by atoms with Crippen molar-refractivity contribution < 1.29 is 9.53 Å². The Hall–Kier alpha value is -2.83. The molecule has 27 heavy (non-hydrogen) atoms. The second kappa shape index (κ2) is 8.24. The molecular formula is C20H27N5O2. The molecule has 1 aromatic heterocycles. The molecule has 1 fully saturated rings. The maximum absolute atomic E-state index is 12.4. The second-order valence-electron chi connectivity index (χ2n) is 7.00. The van der Waals surface area contributed by atoms with Gasteiger partial charge in [0.25, 0.3) is 5.91 Å². The van der Waals surface area contributed by atoms with E-state index in [1.165, 1.54) is 5.56 Å². The Bertz CT molecular complexity index is 783. The molecule has 0 unspecified atom stereocenters. The number of benzene rings is 1. The first-order valence-electron chi connectivity index (χ1n) is 9.17. The summed E-state index contributed by atoms with van der Waals surface area (Å²) in [7, 11) is 3.94. The Morgan fingerprint density at radius 2 is 1.74 bits per heavy atom. The number of anilines is 2. The highest BCUT2D eigenvalue weighted by Crippen LogP contribution is 2.19. The number of nitrogens with zero attached hydrogens (tertiary/aromatic N) is 5. The van der Waals surface area contributed by atoms with Gasteiger partial charge in [0.05, 0.1) is 0 Å². The third-order valence-corrected chi connectivity index (χ3v) is 4.61. The van der Waals surface area contributed by atoms with Crippen molar-refractivity contribution in [2.75, 3.05) is 56.7 Å². The predicted octanol–water partition coefficient (Wildman–Crippen LogP) is 1.89. The van der Waals surface area contributed by atoms with Gasteiger partial charge < -0.3 is 19.4 Å². The van der Waals surface area contributed by atoms with Crippen LogP contribution in [0.3, 0.4) is 0 Å². The molecule has 1 aromatic carbocycles. The summed E-state index contributed by atoms with van der Waals surface area (Å²) in [6.45, 7) is 6.82. The Kier molecular flexibility index (Phi) is 5.78. The number of carbonyl (C=O) groups is 1. The number of aromatic nitrogens is 2. The molecule has 7 heteroatoms. The molecule has 0 radical (unpaired) electrons. The molecule has 7 nitrogen and oxygen atoms in total. The minimum absolute atomic E-state index is 0.0167. The fourth-order valence-corrected chi connectivity index (χ4v) is 2.98. The molecule has 0 N–H and O–H groups in total. The highest BCUT2D eigenvalue weighted by atomic mass is 16.5. The number of piperazine rings is 1. The van der Waals surface area contributed by atoms with Crippen LogP contribution in [-0.4, -0.2) is 67.7 Å². The van der Waals surface area contributed by atoms with Gasteiger partial charge in [-0.3, -0.25) is 4.79 Å². The van der Waals surface area contributed by atoms with Gasteiger partial charge in [-0.25, -0.2) is 9.97 Å². The van der Waals surface area contributed by atoms with Crippen LogP contribution in [0.15, 0.2) is 30.3 Å². The van der Waals surface area contributed by atoms with Gasteiger partial charge in [0.15, 0.2) is 6.61 Å². The third-order valence-electron chi connectivity index (χ3n) is 4.61. The van der Waals surface area contributed by atoms with E-state index in [0.29, 0.717) is 13.1 Å². The van der Waals surface area contributed by atoms with Gasteiger partial charge in [-0.05, 0) is 26.0 Å². The SMILES string of the molecule is Cc1ccc(OCC(=O)N2CCN(c3cc(N(C)C)nc(C)n3)CC2)cc1. The molecule has 1 saturated heterocycles. The number of rotatable bonds is 5. The summed E-state index contributed by atoms with van der Waals surface area (Å²) in [5, 5.41) is 0. The average molecular weight is 369 g/mol. The summed E-state index contributed by atoms with van der Waals surface area (Å²) in [5.74, 6) is 3.29. The van der Waals surface area contributed by atoms with Crippen LogP contribution in [0.5, 0.6) is 5.75 Å². The molecular weight excluding hydrogens is 342 g/mol. The normalized spacial score (nSPS) is 14.2. The molecule has 0 aliphatic carbocycles. The lowest BCUT2D eigenvalue weighted by atomic mass is 10.2. The zero-order valence-electron chi connectivity index (χ0n) is 16.5. The molecule has 0 saturated carbocycles. The molecule has 1 aliphatic heterocycles. The van der Waals surface area contributed by atoms with E-state index in [9.17, 15) is 4.79 Å². The van der Waals surface area contributed by atoms with E-state index in [1.54, 1.807) is 0 Å². The highest BCUT2D eigenvalue weighted by molar-refractivity contribution is 5.78. The topological polar surface area (TPSA) is 61.8 Å². The van der Waals surface area contributed by atoms with E-state index in [2.05, 4.69) is 14.9 Å². The summed E-state index contributed by atoms with van der Waals surface area (Å²) in [4.78, 5) is 27.4. The van der Waals surface area contributed by atoms with E-state index in [0.717, 1.165) is 36.3 Å². The van der Waals surface area contributed by atoms with E-state index in [4.69, 9.17) is 4.74 Å². The fraction of sp³-hybridized carbons (Fsp3) is 0.450. The van der Waals surface area contributed by atoms with E-state index < -0.39 is 0 Å². The molecule has 0 atom stereocenters. The number of aryl methyl sites for hydroxylation is 2. The van der Waals surface area contributed by atoms with Crippen molar-refractivity contribution in [3.8, 4) is 5.75 Å². The highest BCUT2D eigenvalue weighted by Gasteiger charge is 2.23. The van der Waals surface area contributed by atoms with Crippen LogP contribution in [0.25, 0.3) is 0 Å². The first-order valence-corrected chi connectivity index (χ1v) is 9.17. The van der Waals surface area contributed by atoms with Crippen molar-refractivity contribution in [3.05, 3.63) is 41.7 Å². The molecule has 1 aliphatic rings. The number of hydrogen-bond donors (Lipinski definition) is 0. The Morgan fingerprint density at radius 3 is 2.37 bits per heavy atom. The second-order valence-corrected chi connectivity index (χ2v) is 7.00. The molecule has 3 rings (SSSR count). The molecule has 2 aromatic rings. The van der Waals surface area contributed by atoms with Crippen molar-refractivity contribution in [3.63, 3.8) is 0 Å². The number of ether oxygens (including phenoxy) is 1. The van der Waals surface area contributed by atoms with Gasteiger partial charge in [0, 0.05) is 46.3 Å². The van der Waals surface area contributed by atoms with Crippen LogP contribution < -0.4 is 14.5 Å². The molecule has 144 valence electrons. The molecule has 1 amide bonds. The fourth-order valence-electron chi connectivity index (χ4n) is 2.98. The van der Waals surface area contributed by atoms with Crippen molar-refractivity contribution in [1.29, 1.82) is 0 Å². The Morgan fingerprint density at radius 1 is 1.07 bits per heavy atom. The summed E-state index contributed by atoms with van der Waals surface area (Å²) < 4.78 is 5.61. The van der Waals surface area contributed by atoms with Gasteiger partial charge in [-0.15, -0.1) is 0 Å². The lowest BCUT2D eigenvalue weighted by Crippen LogP contribution is -2.50. The van der Waals surface area contributed by atoms with E-state index in [-0.39, 0.29) is 12.5 Å². The Labute approximate surface area is 160 Å². The first kappa shape index (κ1) is 18.9. The van der Waals surface area contributed by atoms with Crippen LogP contribution in [0, 0.1) is 13.8 Å². The van der Waals surface area contributed by atoms with Crippen molar-refractivity contribution in [1.82, 2.24) is 14.9 Å². The third kappa shape index (κ3) is 4.87. The number of amides is 1. The van der Waals surface area contributed by atoms with Crippen molar-refractivity contribution >= 4 is 17.5 Å². The van der Waals surface area contributed by atoms with Crippen molar-refractivity contribution in [2.45, 2.75) is 13.8 Å². The predicted molar refractivity (Wildman–Crippen MR) is 107 cm³/mol. The number of carbonyl (C=O) groups excluding carboxylic acids is 1. The standard InChI is InChI=1S/C20H27N5O2/c1-15-5-7-17(8-6-15)27-14-20(26)25-11-9-24(10-12-25)19-13-18(23(3)4)21-16(2)22-19/h5-8,13H,9-12,14H2,1-4H3. The average Bonchev–Trinajstić information content (AvgIpc) is 2.67. The first-order chi connectivity index (χ1) is 12.9. The van der Waals surface area contributed by atoms with E-state index >= 15 is 0 Å². The lowest BCUT2D eigenvalue weighted by molar-refractivity contribution is -0.133. The zero-order valence-corrected chi connectivity index (χ0v) is 16.5. The Balaban J connectivity index is 1.54. The molecule has 0 bridgehead atoms. The van der Waals surface area contributed by atoms with Gasteiger partial charge in [0.1, 0.15) is 23.2 Å². The van der Waals surface area contributed by atoms with Gasteiger partial charge >= 0.3 is 0 Å². The summed E-state index contributed by atoms with van der Waals surface area (Å²) in [5.41, 5.74) is 1.17.